The van der Waals surface area contributed by atoms with E-state index in [2.05, 4.69) is 27.6 Å². The van der Waals surface area contributed by atoms with Crippen LogP contribution in [0.15, 0.2) is 42.6 Å². The molecule has 3 nitrogen and oxygen atoms in total. The summed E-state index contributed by atoms with van der Waals surface area (Å²) in [7, 11) is 0. The summed E-state index contributed by atoms with van der Waals surface area (Å²) in [6, 6.07) is 11.9. The first-order chi connectivity index (χ1) is 8.65. The Labute approximate surface area is 121 Å². The molecule has 0 aliphatic rings. The highest BCUT2D eigenvalue weighted by Crippen LogP contribution is 2.24. The summed E-state index contributed by atoms with van der Waals surface area (Å²) in [6.45, 7) is 1.98. The normalized spacial score (nSPS) is 12.2. The van der Waals surface area contributed by atoms with Crippen molar-refractivity contribution in [3.63, 3.8) is 0 Å². The molecule has 0 saturated heterocycles. The fraction of sp³-hybridized carbons (Fsp3) is 0.214. The molecule has 1 aromatic carbocycles. The van der Waals surface area contributed by atoms with E-state index in [1.54, 1.807) is 0 Å². The van der Waals surface area contributed by atoms with Gasteiger partial charge in [0.2, 0.25) is 5.88 Å². The van der Waals surface area contributed by atoms with Crippen LogP contribution in [-0.4, -0.2) is 11.0 Å². The van der Waals surface area contributed by atoms with Crippen LogP contribution < -0.4 is 10.5 Å². The minimum absolute atomic E-state index is 0.147. The van der Waals surface area contributed by atoms with Gasteiger partial charge in [0.05, 0.1) is 3.57 Å². The van der Waals surface area contributed by atoms with Crippen LogP contribution in [0.3, 0.4) is 0 Å². The van der Waals surface area contributed by atoms with E-state index in [4.69, 9.17) is 10.5 Å². The Hall–Kier alpha value is -1.14. The van der Waals surface area contributed by atoms with Crippen LogP contribution in [-0.2, 0) is 6.42 Å². The third-order valence-corrected chi connectivity index (χ3v) is 3.30. The van der Waals surface area contributed by atoms with Crippen LogP contribution in [0, 0.1) is 3.57 Å². The first-order valence-electron chi connectivity index (χ1n) is 5.78. The molecule has 18 heavy (non-hydrogen) atoms. The number of para-hydroxylation sites is 1. The smallest absolute Gasteiger partial charge is 0.219 e. The third-order valence-electron chi connectivity index (χ3n) is 2.41. The Bertz CT molecular complexity index is 511. The van der Waals surface area contributed by atoms with Crippen molar-refractivity contribution in [3.8, 4) is 11.6 Å². The van der Waals surface area contributed by atoms with Crippen molar-refractivity contribution < 1.29 is 4.74 Å². The Morgan fingerprint density at radius 3 is 2.67 bits per heavy atom. The molecule has 94 valence electrons. The summed E-state index contributed by atoms with van der Waals surface area (Å²) in [5.41, 5.74) is 6.87. The van der Waals surface area contributed by atoms with Crippen LogP contribution in [0.5, 0.6) is 11.6 Å². The zero-order valence-corrected chi connectivity index (χ0v) is 12.3. The van der Waals surface area contributed by atoms with E-state index < -0.39 is 0 Å². The van der Waals surface area contributed by atoms with E-state index in [0.717, 1.165) is 21.3 Å². The van der Waals surface area contributed by atoms with E-state index in [9.17, 15) is 0 Å². The van der Waals surface area contributed by atoms with E-state index in [0.29, 0.717) is 5.88 Å². The fourth-order valence-electron chi connectivity index (χ4n) is 1.60. The van der Waals surface area contributed by atoms with E-state index in [1.807, 2.05) is 49.5 Å². The number of rotatable bonds is 4. The SMILES string of the molecule is CC(N)Cc1ccc(Oc2ccccc2I)nc1. The van der Waals surface area contributed by atoms with Gasteiger partial charge in [-0.25, -0.2) is 4.98 Å². The minimum atomic E-state index is 0.147. The minimum Gasteiger partial charge on any atom is -0.438 e. The van der Waals surface area contributed by atoms with E-state index in [1.165, 1.54) is 0 Å². The van der Waals surface area contributed by atoms with Crippen LogP contribution in [0.4, 0.5) is 0 Å². The molecule has 0 spiro atoms. The van der Waals surface area contributed by atoms with Crippen LogP contribution in [0.25, 0.3) is 0 Å². The molecule has 2 N–H and O–H groups in total. The van der Waals surface area contributed by atoms with Gasteiger partial charge >= 0.3 is 0 Å². The number of nitrogens with zero attached hydrogens (tertiary/aromatic N) is 1. The van der Waals surface area contributed by atoms with Crippen molar-refractivity contribution in [2.75, 3.05) is 0 Å². The van der Waals surface area contributed by atoms with Crippen molar-refractivity contribution in [2.45, 2.75) is 19.4 Å². The lowest BCUT2D eigenvalue weighted by Crippen LogP contribution is -2.17. The molecule has 1 aromatic heterocycles. The maximum Gasteiger partial charge on any atom is 0.219 e. The standard InChI is InChI=1S/C14H15IN2O/c1-10(16)8-11-6-7-14(17-9-11)18-13-5-3-2-4-12(13)15/h2-7,9-10H,8,16H2,1H3. The monoisotopic (exact) mass is 354 g/mol. The van der Waals surface area contributed by atoms with Crippen LogP contribution in [0.1, 0.15) is 12.5 Å². The number of hydrogen-bond donors (Lipinski definition) is 1. The second kappa shape index (κ2) is 6.15. The fourth-order valence-corrected chi connectivity index (χ4v) is 2.10. The molecular formula is C14H15IN2O. The first-order valence-corrected chi connectivity index (χ1v) is 6.86. The lowest BCUT2D eigenvalue weighted by molar-refractivity contribution is 0.459. The summed E-state index contributed by atoms with van der Waals surface area (Å²) in [4.78, 5) is 4.29. The van der Waals surface area contributed by atoms with Gasteiger partial charge in [0, 0.05) is 18.3 Å². The largest absolute Gasteiger partial charge is 0.438 e. The molecule has 1 atom stereocenters. The molecule has 1 unspecified atom stereocenters. The Morgan fingerprint density at radius 1 is 1.28 bits per heavy atom. The highest BCUT2D eigenvalue weighted by Gasteiger charge is 2.03. The number of aromatic nitrogens is 1. The van der Waals surface area contributed by atoms with Gasteiger partial charge in [-0.2, -0.15) is 0 Å². The zero-order chi connectivity index (χ0) is 13.0. The predicted molar refractivity (Wildman–Crippen MR) is 80.8 cm³/mol. The lowest BCUT2D eigenvalue weighted by atomic mass is 10.1. The number of hydrogen-bond acceptors (Lipinski definition) is 3. The van der Waals surface area contributed by atoms with Gasteiger partial charge in [0.25, 0.3) is 0 Å². The van der Waals surface area contributed by atoms with Gasteiger partial charge in [0.1, 0.15) is 5.75 Å². The summed E-state index contributed by atoms with van der Waals surface area (Å²) in [5.74, 6) is 1.43. The number of ether oxygens (including phenoxy) is 1. The topological polar surface area (TPSA) is 48.1 Å². The maximum absolute atomic E-state index is 5.75. The van der Waals surface area contributed by atoms with Crippen molar-refractivity contribution in [1.29, 1.82) is 0 Å². The Morgan fingerprint density at radius 2 is 2.06 bits per heavy atom. The second-order valence-corrected chi connectivity index (χ2v) is 5.38. The molecule has 0 saturated carbocycles. The van der Waals surface area contributed by atoms with Gasteiger partial charge < -0.3 is 10.5 Å². The van der Waals surface area contributed by atoms with Gasteiger partial charge in [-0.1, -0.05) is 18.2 Å². The molecule has 4 heteroatoms. The number of pyridine rings is 1. The molecule has 2 aromatic rings. The molecular weight excluding hydrogens is 339 g/mol. The highest BCUT2D eigenvalue weighted by atomic mass is 127. The first kappa shape index (κ1) is 13.3. The number of halogens is 1. The summed E-state index contributed by atoms with van der Waals surface area (Å²) in [5, 5.41) is 0. The van der Waals surface area contributed by atoms with Crippen molar-refractivity contribution in [1.82, 2.24) is 4.98 Å². The lowest BCUT2D eigenvalue weighted by Gasteiger charge is -2.08. The quantitative estimate of drug-likeness (QED) is 0.857. The summed E-state index contributed by atoms with van der Waals surface area (Å²) >= 11 is 2.24. The van der Waals surface area contributed by atoms with Crippen molar-refractivity contribution in [3.05, 3.63) is 51.7 Å². The van der Waals surface area contributed by atoms with Gasteiger partial charge in [-0.3, -0.25) is 0 Å². The third kappa shape index (κ3) is 3.68. The van der Waals surface area contributed by atoms with Crippen molar-refractivity contribution in [2.24, 2.45) is 5.73 Å². The molecule has 2 rings (SSSR count). The second-order valence-electron chi connectivity index (χ2n) is 4.22. The zero-order valence-electron chi connectivity index (χ0n) is 10.1. The molecule has 1 heterocycles. The van der Waals surface area contributed by atoms with E-state index >= 15 is 0 Å². The maximum atomic E-state index is 5.75. The Kier molecular flexibility index (Phi) is 4.54. The number of benzene rings is 1. The molecule has 0 amide bonds. The molecule has 0 aliphatic carbocycles. The average molecular weight is 354 g/mol. The van der Waals surface area contributed by atoms with E-state index in [-0.39, 0.29) is 6.04 Å². The average Bonchev–Trinajstić information content (AvgIpc) is 2.34. The van der Waals surface area contributed by atoms with Crippen LogP contribution in [0.2, 0.25) is 0 Å². The molecule has 0 aliphatic heterocycles. The predicted octanol–water partition coefficient (Wildman–Crippen LogP) is 3.37. The summed E-state index contributed by atoms with van der Waals surface area (Å²) < 4.78 is 6.79. The highest BCUT2D eigenvalue weighted by molar-refractivity contribution is 14.1. The molecule has 0 fully saturated rings. The van der Waals surface area contributed by atoms with Gasteiger partial charge in [-0.15, -0.1) is 0 Å². The van der Waals surface area contributed by atoms with Crippen LogP contribution >= 0.6 is 22.6 Å². The number of nitrogens with two attached hydrogens (primary N) is 1. The molecule has 0 bridgehead atoms. The van der Waals surface area contributed by atoms with Gasteiger partial charge in [0.15, 0.2) is 0 Å². The molecule has 0 radical (unpaired) electrons. The van der Waals surface area contributed by atoms with Gasteiger partial charge in [-0.05, 0) is 53.6 Å². The Balaban J connectivity index is 2.09. The van der Waals surface area contributed by atoms with Crippen molar-refractivity contribution >= 4 is 22.6 Å². The summed E-state index contributed by atoms with van der Waals surface area (Å²) in [6.07, 6.45) is 2.64.